The molecular weight excluding hydrogens is 222 g/mol. The number of hydrogen-bond acceptors (Lipinski definition) is 3. The average molecular weight is 243 g/mol. The number of carboxylic acid groups (broad SMARTS) is 1. The summed E-state index contributed by atoms with van der Waals surface area (Å²) in [5.41, 5.74) is -1.20. The Morgan fingerprint density at radius 1 is 1.47 bits per heavy atom. The van der Waals surface area contributed by atoms with Gasteiger partial charge < -0.3 is 20.2 Å². The van der Waals surface area contributed by atoms with Crippen LogP contribution in [0.25, 0.3) is 0 Å². The van der Waals surface area contributed by atoms with Gasteiger partial charge in [0.15, 0.2) is 0 Å². The van der Waals surface area contributed by atoms with E-state index < -0.39 is 11.5 Å². The Morgan fingerprint density at radius 3 is 2.47 bits per heavy atom. The maximum atomic E-state index is 11.9. The first-order chi connectivity index (χ1) is 7.75. The highest BCUT2D eigenvalue weighted by atomic mass is 16.4. The van der Waals surface area contributed by atoms with Gasteiger partial charge in [-0.15, -0.1) is 0 Å². The lowest BCUT2D eigenvalue weighted by Crippen LogP contribution is -2.55. The summed E-state index contributed by atoms with van der Waals surface area (Å²) < 4.78 is 0. The summed E-state index contributed by atoms with van der Waals surface area (Å²) in [6.45, 7) is 4.79. The Bertz CT molecular complexity index is 317. The Balaban J connectivity index is 2.56. The second-order valence-electron chi connectivity index (χ2n) is 5.12. The fourth-order valence-corrected chi connectivity index (χ4v) is 1.72. The van der Waals surface area contributed by atoms with Crippen LogP contribution in [0.5, 0.6) is 0 Å². The van der Waals surface area contributed by atoms with Crippen molar-refractivity contribution in [3.8, 4) is 0 Å². The van der Waals surface area contributed by atoms with Crippen LogP contribution in [0.3, 0.4) is 0 Å². The van der Waals surface area contributed by atoms with Gasteiger partial charge in [-0.05, 0) is 33.9 Å². The first-order valence-corrected chi connectivity index (χ1v) is 5.71. The van der Waals surface area contributed by atoms with Gasteiger partial charge in [-0.3, -0.25) is 0 Å². The summed E-state index contributed by atoms with van der Waals surface area (Å²) in [5.74, 6) is -1.02. The van der Waals surface area contributed by atoms with Crippen LogP contribution in [0.1, 0.15) is 20.3 Å². The van der Waals surface area contributed by atoms with Crippen molar-refractivity contribution in [1.29, 1.82) is 0 Å². The van der Waals surface area contributed by atoms with Crippen molar-refractivity contribution in [2.24, 2.45) is 0 Å². The number of nitrogens with one attached hydrogen (secondary N) is 1. The van der Waals surface area contributed by atoms with E-state index in [0.29, 0.717) is 0 Å². The zero-order valence-electron chi connectivity index (χ0n) is 10.9. The van der Waals surface area contributed by atoms with E-state index in [1.165, 1.54) is 25.8 Å². The Morgan fingerprint density at radius 2 is 2.06 bits per heavy atom. The zero-order chi connectivity index (χ0) is 13.2. The van der Waals surface area contributed by atoms with Crippen molar-refractivity contribution in [2.75, 3.05) is 27.2 Å². The summed E-state index contributed by atoms with van der Waals surface area (Å²) in [5, 5.41) is 11.9. The summed E-state index contributed by atoms with van der Waals surface area (Å²) in [7, 11) is 3.50. The zero-order valence-corrected chi connectivity index (χ0v) is 10.9. The van der Waals surface area contributed by atoms with E-state index in [1.54, 1.807) is 0 Å². The molecule has 1 aliphatic rings. The highest BCUT2D eigenvalue weighted by molar-refractivity contribution is 5.85. The van der Waals surface area contributed by atoms with E-state index in [9.17, 15) is 9.59 Å². The highest BCUT2D eigenvalue weighted by Gasteiger charge is 2.36. The first kappa shape index (κ1) is 13.8. The average Bonchev–Trinajstić information content (AvgIpc) is 2.62. The van der Waals surface area contributed by atoms with Crippen LogP contribution in [-0.4, -0.2) is 65.7 Å². The second kappa shape index (κ2) is 4.91. The van der Waals surface area contributed by atoms with Crippen LogP contribution in [0.4, 0.5) is 4.79 Å². The van der Waals surface area contributed by atoms with Crippen molar-refractivity contribution in [3.05, 3.63) is 0 Å². The number of rotatable bonds is 3. The number of carboxylic acids is 1. The number of likely N-dealkylation sites (N-methyl/N-ethyl adjacent to an activating group) is 2. The molecule has 1 saturated heterocycles. The number of carbonyl (C=O) groups is 2. The van der Waals surface area contributed by atoms with E-state index in [1.807, 2.05) is 7.05 Å². The lowest BCUT2D eigenvalue weighted by molar-refractivity contribution is -0.146. The standard InChI is InChI=1S/C11H21N3O3/c1-11(2,9(15)16)14(4)10(17)12-8-5-6-13(3)7-8/h8H,5-7H2,1-4H3,(H,12,17)(H,15,16). The van der Waals surface area contributed by atoms with Gasteiger partial charge in [-0.25, -0.2) is 9.59 Å². The molecule has 0 spiro atoms. The van der Waals surface area contributed by atoms with E-state index >= 15 is 0 Å². The summed E-state index contributed by atoms with van der Waals surface area (Å²) in [6.07, 6.45) is 0.906. The third-order valence-electron chi connectivity index (χ3n) is 3.39. The molecule has 2 N–H and O–H groups in total. The van der Waals surface area contributed by atoms with Crippen LogP contribution in [0.15, 0.2) is 0 Å². The number of likely N-dealkylation sites (tertiary alicyclic amines) is 1. The molecule has 1 unspecified atom stereocenters. The molecule has 1 rings (SSSR count). The highest BCUT2D eigenvalue weighted by Crippen LogP contribution is 2.13. The number of nitrogens with zero attached hydrogens (tertiary/aromatic N) is 2. The second-order valence-corrected chi connectivity index (χ2v) is 5.12. The number of urea groups is 1. The van der Waals surface area contributed by atoms with Gasteiger partial charge in [0.25, 0.3) is 0 Å². The Labute approximate surface area is 102 Å². The predicted molar refractivity (Wildman–Crippen MR) is 63.9 cm³/mol. The fraction of sp³-hybridized carbons (Fsp3) is 0.818. The van der Waals surface area contributed by atoms with Crippen LogP contribution in [-0.2, 0) is 4.79 Å². The van der Waals surface area contributed by atoms with E-state index in [-0.39, 0.29) is 12.1 Å². The molecule has 0 saturated carbocycles. The summed E-state index contributed by atoms with van der Waals surface area (Å²) >= 11 is 0. The summed E-state index contributed by atoms with van der Waals surface area (Å²) in [4.78, 5) is 26.3. The molecule has 98 valence electrons. The molecule has 0 bridgehead atoms. The van der Waals surface area contributed by atoms with Crippen LogP contribution < -0.4 is 5.32 Å². The van der Waals surface area contributed by atoms with Gasteiger partial charge in [-0.1, -0.05) is 0 Å². The van der Waals surface area contributed by atoms with Gasteiger partial charge >= 0.3 is 12.0 Å². The molecule has 6 nitrogen and oxygen atoms in total. The maximum Gasteiger partial charge on any atom is 0.329 e. The molecule has 0 aromatic carbocycles. The molecular formula is C11H21N3O3. The van der Waals surface area contributed by atoms with Gasteiger partial charge in [0.05, 0.1) is 0 Å². The Kier molecular flexibility index (Phi) is 3.98. The minimum atomic E-state index is -1.20. The van der Waals surface area contributed by atoms with Crippen molar-refractivity contribution in [2.45, 2.75) is 31.8 Å². The number of hydrogen-bond donors (Lipinski definition) is 2. The van der Waals surface area contributed by atoms with Crippen LogP contribution in [0.2, 0.25) is 0 Å². The predicted octanol–water partition coefficient (Wildman–Crippen LogP) is 0.195. The maximum absolute atomic E-state index is 11.9. The SMILES string of the molecule is CN1CCC(NC(=O)N(C)C(C)(C)C(=O)O)C1. The third-order valence-corrected chi connectivity index (χ3v) is 3.39. The molecule has 2 amide bonds. The molecule has 0 aliphatic carbocycles. The lowest BCUT2D eigenvalue weighted by atomic mass is 10.0. The van der Waals surface area contributed by atoms with E-state index in [2.05, 4.69) is 10.2 Å². The van der Waals surface area contributed by atoms with Crippen molar-refractivity contribution < 1.29 is 14.7 Å². The smallest absolute Gasteiger partial charge is 0.329 e. The first-order valence-electron chi connectivity index (χ1n) is 5.71. The molecule has 1 aliphatic heterocycles. The minimum Gasteiger partial charge on any atom is -0.480 e. The van der Waals surface area contributed by atoms with Gasteiger partial charge in [0, 0.05) is 19.6 Å². The largest absolute Gasteiger partial charge is 0.480 e. The monoisotopic (exact) mass is 243 g/mol. The topological polar surface area (TPSA) is 72.9 Å². The molecule has 0 radical (unpaired) electrons. The molecule has 1 atom stereocenters. The number of amides is 2. The molecule has 0 aromatic heterocycles. The van der Waals surface area contributed by atoms with Crippen molar-refractivity contribution in [1.82, 2.24) is 15.1 Å². The molecule has 17 heavy (non-hydrogen) atoms. The molecule has 0 aromatic rings. The Hall–Kier alpha value is -1.30. The van der Waals surface area contributed by atoms with E-state index in [0.717, 1.165) is 19.5 Å². The normalized spacial score (nSPS) is 21.3. The number of aliphatic carboxylic acids is 1. The van der Waals surface area contributed by atoms with Gasteiger partial charge in [0.1, 0.15) is 5.54 Å². The fourth-order valence-electron chi connectivity index (χ4n) is 1.72. The van der Waals surface area contributed by atoms with Gasteiger partial charge in [0.2, 0.25) is 0 Å². The molecule has 6 heteroatoms. The third kappa shape index (κ3) is 3.09. The summed E-state index contributed by atoms with van der Waals surface area (Å²) in [6, 6.07) is -0.225. The minimum absolute atomic E-state index is 0.111. The van der Waals surface area contributed by atoms with Crippen molar-refractivity contribution in [3.63, 3.8) is 0 Å². The molecule has 1 fully saturated rings. The van der Waals surface area contributed by atoms with Crippen LogP contribution >= 0.6 is 0 Å². The quantitative estimate of drug-likeness (QED) is 0.742. The van der Waals surface area contributed by atoms with E-state index in [4.69, 9.17) is 5.11 Å². The van der Waals surface area contributed by atoms with Crippen LogP contribution in [0, 0.1) is 0 Å². The molecule has 1 heterocycles. The lowest BCUT2D eigenvalue weighted by Gasteiger charge is -2.32. The van der Waals surface area contributed by atoms with Gasteiger partial charge in [-0.2, -0.15) is 0 Å². The van der Waals surface area contributed by atoms with Crippen molar-refractivity contribution >= 4 is 12.0 Å². The number of carbonyl (C=O) groups excluding carboxylic acids is 1.